The Labute approximate surface area is 178 Å². The molecule has 2 nitrogen and oxygen atoms in total. The van der Waals surface area contributed by atoms with Crippen LogP contribution in [0.4, 0.5) is 0 Å². The summed E-state index contributed by atoms with van der Waals surface area (Å²) in [5.74, 6) is 2.16. The predicted molar refractivity (Wildman–Crippen MR) is 120 cm³/mol. The quantitative estimate of drug-likeness (QED) is 0.554. The molecule has 29 heavy (non-hydrogen) atoms. The van der Waals surface area contributed by atoms with E-state index in [0.717, 1.165) is 25.7 Å². The Bertz CT molecular complexity index is 716. The van der Waals surface area contributed by atoms with E-state index in [9.17, 15) is 10.2 Å². The molecule has 3 fully saturated rings. The molecule has 4 aliphatic carbocycles. The van der Waals surface area contributed by atoms with Crippen molar-refractivity contribution >= 4 is 0 Å². The molecular formula is C27H42O2. The number of allylic oxidation sites excluding steroid dienone is 5. The maximum Gasteiger partial charge on any atom is 0.0626 e. The zero-order valence-electron chi connectivity index (χ0n) is 19.1. The van der Waals surface area contributed by atoms with Gasteiger partial charge in [0, 0.05) is 5.41 Å². The third-order valence-corrected chi connectivity index (χ3v) is 9.67. The molecule has 4 aliphatic rings. The molecule has 0 saturated heterocycles. The zero-order valence-corrected chi connectivity index (χ0v) is 19.1. The van der Waals surface area contributed by atoms with Gasteiger partial charge in [0.25, 0.3) is 0 Å². The molecule has 7 atom stereocenters. The summed E-state index contributed by atoms with van der Waals surface area (Å²) in [5.41, 5.74) is 4.97. The van der Waals surface area contributed by atoms with Gasteiger partial charge in [-0.15, -0.1) is 0 Å². The van der Waals surface area contributed by atoms with Crippen LogP contribution in [0.25, 0.3) is 0 Å². The molecule has 3 saturated carbocycles. The number of aliphatic hydroxyl groups excluding tert-OH is 2. The Morgan fingerprint density at radius 3 is 2.69 bits per heavy atom. The van der Waals surface area contributed by atoms with E-state index in [0.29, 0.717) is 35.5 Å². The second kappa shape index (κ2) is 7.68. The summed E-state index contributed by atoms with van der Waals surface area (Å²) in [4.78, 5) is 0. The highest BCUT2D eigenvalue weighted by Crippen LogP contribution is 2.65. The number of rotatable bonds is 4. The minimum Gasteiger partial charge on any atom is -0.393 e. The lowest BCUT2D eigenvalue weighted by atomic mass is 9.47. The average molecular weight is 399 g/mol. The van der Waals surface area contributed by atoms with Gasteiger partial charge < -0.3 is 10.2 Å². The monoisotopic (exact) mass is 398 g/mol. The fourth-order valence-electron chi connectivity index (χ4n) is 7.47. The number of aliphatic hydroxyl groups is 2. The molecule has 2 heteroatoms. The molecule has 0 aliphatic heterocycles. The van der Waals surface area contributed by atoms with Gasteiger partial charge in [-0.3, -0.25) is 0 Å². The summed E-state index contributed by atoms with van der Waals surface area (Å²) in [5, 5.41) is 21.3. The van der Waals surface area contributed by atoms with Gasteiger partial charge in [-0.2, -0.15) is 0 Å². The van der Waals surface area contributed by atoms with Gasteiger partial charge in [0.2, 0.25) is 0 Å². The Balaban J connectivity index is 1.55. The number of hydrogen-bond donors (Lipinski definition) is 2. The van der Waals surface area contributed by atoms with Crippen LogP contribution >= 0.6 is 0 Å². The second-order valence-electron chi connectivity index (χ2n) is 11.3. The number of hydrogen-bond acceptors (Lipinski definition) is 2. The van der Waals surface area contributed by atoms with Gasteiger partial charge >= 0.3 is 0 Å². The van der Waals surface area contributed by atoms with E-state index in [4.69, 9.17) is 0 Å². The van der Waals surface area contributed by atoms with Crippen LogP contribution in [0.2, 0.25) is 0 Å². The molecule has 0 heterocycles. The Kier molecular flexibility index (Phi) is 5.66. The first-order chi connectivity index (χ1) is 13.7. The van der Waals surface area contributed by atoms with Crippen molar-refractivity contribution in [3.8, 4) is 0 Å². The highest BCUT2D eigenvalue weighted by Gasteiger charge is 2.58. The topological polar surface area (TPSA) is 40.5 Å². The minimum atomic E-state index is -0.368. The largest absolute Gasteiger partial charge is 0.393 e. The third kappa shape index (κ3) is 3.39. The summed E-state index contributed by atoms with van der Waals surface area (Å²) < 4.78 is 0. The Hall–Kier alpha value is -0.860. The molecule has 0 amide bonds. The molecule has 0 spiro atoms. The highest BCUT2D eigenvalue weighted by atomic mass is 16.3. The van der Waals surface area contributed by atoms with Gasteiger partial charge in [-0.05, 0) is 86.9 Å². The lowest BCUT2D eigenvalue weighted by Crippen LogP contribution is -2.55. The summed E-state index contributed by atoms with van der Waals surface area (Å²) in [7, 11) is 0. The minimum absolute atomic E-state index is 0.0495. The van der Waals surface area contributed by atoms with Crippen molar-refractivity contribution in [2.45, 2.75) is 97.7 Å². The third-order valence-electron chi connectivity index (χ3n) is 9.67. The predicted octanol–water partition coefficient (Wildman–Crippen LogP) is 6.20. The van der Waals surface area contributed by atoms with Crippen molar-refractivity contribution in [1.82, 2.24) is 0 Å². The van der Waals surface area contributed by atoms with Gasteiger partial charge in [-0.1, -0.05) is 63.1 Å². The average Bonchev–Trinajstić information content (AvgIpc) is 2.99. The Morgan fingerprint density at radius 1 is 1.21 bits per heavy atom. The lowest BCUT2D eigenvalue weighted by Gasteiger charge is -2.58. The maximum atomic E-state index is 11.0. The molecule has 2 N–H and O–H groups in total. The fraction of sp³-hybridized carbons (Fsp3) is 0.778. The van der Waals surface area contributed by atoms with Crippen molar-refractivity contribution < 1.29 is 10.2 Å². The molecular weight excluding hydrogens is 356 g/mol. The van der Waals surface area contributed by atoms with Crippen molar-refractivity contribution in [1.29, 1.82) is 0 Å². The molecule has 0 aromatic heterocycles. The zero-order chi connectivity index (χ0) is 21.0. The van der Waals surface area contributed by atoms with Crippen LogP contribution in [0.3, 0.4) is 0 Å². The SMILES string of the molecule is C=C(CC/C=C1\CC[C@@H]2C3=CC[C@@H]4C[C@@H](O)C[C@@H](O)[C@]4(C)[C@H]3CC[C@]12C)C(C)C. The van der Waals surface area contributed by atoms with Crippen LogP contribution in [-0.4, -0.2) is 22.4 Å². The smallest absolute Gasteiger partial charge is 0.0626 e. The van der Waals surface area contributed by atoms with Gasteiger partial charge in [-0.25, -0.2) is 0 Å². The molecule has 162 valence electrons. The van der Waals surface area contributed by atoms with Crippen LogP contribution in [0, 0.1) is 34.5 Å². The van der Waals surface area contributed by atoms with E-state index in [1.165, 1.54) is 31.3 Å². The number of fused-ring (bicyclic) bond motifs is 5. The van der Waals surface area contributed by atoms with E-state index in [-0.39, 0.29) is 17.6 Å². The molecule has 4 rings (SSSR count). The normalized spacial score (nSPS) is 45.6. The van der Waals surface area contributed by atoms with E-state index in [1.807, 2.05) is 0 Å². The van der Waals surface area contributed by atoms with Gasteiger partial charge in [0.05, 0.1) is 12.2 Å². The van der Waals surface area contributed by atoms with Crippen LogP contribution in [-0.2, 0) is 0 Å². The molecule has 0 bridgehead atoms. The molecule has 0 unspecified atom stereocenters. The van der Waals surface area contributed by atoms with Crippen LogP contribution in [0.1, 0.15) is 85.5 Å². The second-order valence-corrected chi connectivity index (χ2v) is 11.3. The van der Waals surface area contributed by atoms with E-state index >= 15 is 0 Å². The standard InChI is InChI=1S/C27H42O2/c1-17(2)18(3)7-6-8-19-10-12-23-22-11-9-20-15-21(28)16-25(29)27(20,5)24(22)13-14-26(19,23)4/h8,11,17,20-21,23-25,28-29H,3,6-7,9-10,12-16H2,1-2,4-5H3/b19-8+/t20-,21-,23-,24+,25-,26-,27+/m1/s1. The van der Waals surface area contributed by atoms with Crippen molar-refractivity contribution in [3.05, 3.63) is 35.5 Å². The van der Waals surface area contributed by atoms with Gasteiger partial charge in [0.1, 0.15) is 0 Å². The molecule has 0 radical (unpaired) electrons. The van der Waals surface area contributed by atoms with Crippen LogP contribution in [0.15, 0.2) is 35.5 Å². The van der Waals surface area contributed by atoms with Crippen molar-refractivity contribution in [3.63, 3.8) is 0 Å². The van der Waals surface area contributed by atoms with Gasteiger partial charge in [0.15, 0.2) is 0 Å². The van der Waals surface area contributed by atoms with Crippen LogP contribution in [0.5, 0.6) is 0 Å². The van der Waals surface area contributed by atoms with E-state index < -0.39 is 0 Å². The van der Waals surface area contributed by atoms with Crippen molar-refractivity contribution in [2.75, 3.05) is 0 Å². The molecule has 0 aromatic rings. The first kappa shape index (κ1) is 21.4. The first-order valence-electron chi connectivity index (χ1n) is 12.1. The summed E-state index contributed by atoms with van der Waals surface area (Å²) in [6.45, 7) is 13.6. The summed E-state index contributed by atoms with van der Waals surface area (Å²) in [6.07, 6.45) is 14.0. The fourth-order valence-corrected chi connectivity index (χ4v) is 7.47. The molecule has 0 aromatic carbocycles. The highest BCUT2D eigenvalue weighted by molar-refractivity contribution is 5.35. The Morgan fingerprint density at radius 2 is 1.97 bits per heavy atom. The first-order valence-corrected chi connectivity index (χ1v) is 12.1. The lowest BCUT2D eigenvalue weighted by molar-refractivity contribution is -0.123. The van der Waals surface area contributed by atoms with Crippen molar-refractivity contribution in [2.24, 2.45) is 34.5 Å². The van der Waals surface area contributed by atoms with Crippen LogP contribution < -0.4 is 0 Å². The maximum absolute atomic E-state index is 11.0. The van der Waals surface area contributed by atoms with E-state index in [2.05, 4.69) is 46.4 Å². The summed E-state index contributed by atoms with van der Waals surface area (Å²) >= 11 is 0. The van der Waals surface area contributed by atoms with E-state index in [1.54, 1.807) is 11.1 Å². The summed E-state index contributed by atoms with van der Waals surface area (Å²) in [6, 6.07) is 0.